The second kappa shape index (κ2) is 7.33. The Morgan fingerprint density at radius 3 is 2.39 bits per heavy atom. The smallest absolute Gasteiger partial charge is 0.311 e. The van der Waals surface area contributed by atoms with Gasteiger partial charge >= 0.3 is 5.97 Å². The molecular formula is C14H22O3Si. The molecule has 0 radical (unpaired) electrons. The lowest BCUT2D eigenvalue weighted by atomic mass is 10.2. The van der Waals surface area contributed by atoms with Crippen LogP contribution in [0.2, 0.25) is 19.6 Å². The molecule has 0 saturated heterocycles. The third kappa shape index (κ3) is 7.24. The highest BCUT2D eigenvalue weighted by Crippen LogP contribution is 2.10. The van der Waals surface area contributed by atoms with Crippen LogP contribution in [0.3, 0.4) is 0 Å². The topological polar surface area (TPSA) is 35.5 Å². The average molecular weight is 266 g/mol. The molecular weight excluding hydrogens is 244 g/mol. The van der Waals surface area contributed by atoms with Crippen LogP contribution in [0.5, 0.6) is 5.75 Å². The summed E-state index contributed by atoms with van der Waals surface area (Å²) in [5, 5.41) is 0. The largest absolute Gasteiger partial charge is 0.427 e. The van der Waals surface area contributed by atoms with E-state index in [1.807, 2.05) is 18.2 Å². The number of unbranched alkanes of at least 4 members (excludes halogenated alkanes) is 1. The fourth-order valence-corrected chi connectivity index (χ4v) is 2.18. The lowest BCUT2D eigenvalue weighted by Crippen LogP contribution is -2.25. The van der Waals surface area contributed by atoms with Gasteiger partial charge in [0.2, 0.25) is 0 Å². The predicted octanol–water partition coefficient (Wildman–Crippen LogP) is 3.61. The summed E-state index contributed by atoms with van der Waals surface area (Å²) in [6, 6.07) is 9.16. The Hall–Kier alpha value is -1.13. The van der Waals surface area contributed by atoms with Gasteiger partial charge in [0, 0.05) is 13.0 Å². The maximum atomic E-state index is 11.5. The van der Waals surface area contributed by atoms with Crippen molar-refractivity contribution in [2.75, 3.05) is 6.61 Å². The summed E-state index contributed by atoms with van der Waals surface area (Å²) in [6.07, 6.45) is 2.17. The van der Waals surface area contributed by atoms with Crippen LogP contribution < -0.4 is 4.74 Å². The van der Waals surface area contributed by atoms with Crippen molar-refractivity contribution in [1.29, 1.82) is 0 Å². The molecule has 1 aromatic carbocycles. The van der Waals surface area contributed by atoms with Gasteiger partial charge in [-0.1, -0.05) is 18.2 Å². The second-order valence-electron chi connectivity index (χ2n) is 5.21. The van der Waals surface area contributed by atoms with Gasteiger partial charge in [-0.05, 0) is 44.6 Å². The van der Waals surface area contributed by atoms with Crippen LogP contribution in [0.4, 0.5) is 0 Å². The summed E-state index contributed by atoms with van der Waals surface area (Å²) in [4.78, 5) is 11.5. The van der Waals surface area contributed by atoms with Crippen molar-refractivity contribution in [3.8, 4) is 5.75 Å². The van der Waals surface area contributed by atoms with Crippen LogP contribution in [0, 0.1) is 0 Å². The monoisotopic (exact) mass is 266 g/mol. The number of carbonyl (C=O) groups excluding carboxylic acids is 1. The molecule has 100 valence electrons. The van der Waals surface area contributed by atoms with Crippen molar-refractivity contribution in [1.82, 2.24) is 0 Å². The van der Waals surface area contributed by atoms with Gasteiger partial charge in [-0.2, -0.15) is 0 Å². The molecule has 1 aromatic rings. The van der Waals surface area contributed by atoms with E-state index < -0.39 is 8.32 Å². The van der Waals surface area contributed by atoms with Crippen LogP contribution in [0.15, 0.2) is 30.3 Å². The molecule has 0 N–H and O–H groups in total. The fourth-order valence-electron chi connectivity index (χ4n) is 1.42. The van der Waals surface area contributed by atoms with Crippen molar-refractivity contribution in [3.63, 3.8) is 0 Å². The van der Waals surface area contributed by atoms with Gasteiger partial charge in [0.15, 0.2) is 8.32 Å². The van der Waals surface area contributed by atoms with Crippen molar-refractivity contribution in [2.24, 2.45) is 0 Å². The number of hydrogen-bond donors (Lipinski definition) is 0. The summed E-state index contributed by atoms with van der Waals surface area (Å²) in [5.41, 5.74) is 0. The minimum Gasteiger partial charge on any atom is -0.427 e. The predicted molar refractivity (Wildman–Crippen MR) is 75.2 cm³/mol. The summed E-state index contributed by atoms with van der Waals surface area (Å²) in [6.45, 7) is 7.23. The first-order valence-corrected chi connectivity index (χ1v) is 9.78. The van der Waals surface area contributed by atoms with E-state index >= 15 is 0 Å². The van der Waals surface area contributed by atoms with E-state index in [0.29, 0.717) is 12.2 Å². The molecule has 0 fully saturated rings. The van der Waals surface area contributed by atoms with Gasteiger partial charge in [-0.3, -0.25) is 4.79 Å². The third-order valence-corrected chi connectivity index (χ3v) is 3.36. The van der Waals surface area contributed by atoms with E-state index in [9.17, 15) is 4.79 Å². The molecule has 0 saturated carbocycles. The van der Waals surface area contributed by atoms with Gasteiger partial charge in [-0.15, -0.1) is 0 Å². The van der Waals surface area contributed by atoms with E-state index in [-0.39, 0.29) is 5.97 Å². The number of para-hydroxylation sites is 1. The van der Waals surface area contributed by atoms with E-state index in [2.05, 4.69) is 19.6 Å². The quantitative estimate of drug-likeness (QED) is 0.327. The van der Waals surface area contributed by atoms with E-state index in [1.54, 1.807) is 12.1 Å². The Bertz CT molecular complexity index is 357. The van der Waals surface area contributed by atoms with Crippen molar-refractivity contribution >= 4 is 14.3 Å². The number of esters is 1. The van der Waals surface area contributed by atoms with Gasteiger partial charge in [-0.25, -0.2) is 0 Å². The van der Waals surface area contributed by atoms with Crippen LogP contribution in [-0.2, 0) is 9.22 Å². The Morgan fingerprint density at radius 2 is 1.78 bits per heavy atom. The van der Waals surface area contributed by atoms with Crippen molar-refractivity contribution < 1.29 is 14.0 Å². The highest BCUT2D eigenvalue weighted by atomic mass is 28.4. The van der Waals surface area contributed by atoms with E-state index in [1.165, 1.54) is 0 Å². The van der Waals surface area contributed by atoms with Gasteiger partial charge in [0.25, 0.3) is 0 Å². The normalized spacial score (nSPS) is 11.3. The molecule has 0 unspecified atom stereocenters. The second-order valence-corrected chi connectivity index (χ2v) is 9.72. The SMILES string of the molecule is C[Si](C)(C)OCCCCC(=O)Oc1ccccc1. The molecule has 4 heteroatoms. The Balaban J connectivity index is 2.11. The van der Waals surface area contributed by atoms with Crippen molar-refractivity contribution in [3.05, 3.63) is 30.3 Å². The number of hydrogen-bond acceptors (Lipinski definition) is 3. The Labute approximate surface area is 110 Å². The fraction of sp³-hybridized carbons (Fsp3) is 0.500. The van der Waals surface area contributed by atoms with E-state index in [4.69, 9.17) is 9.16 Å². The summed E-state index contributed by atoms with van der Waals surface area (Å²) >= 11 is 0. The number of ether oxygens (including phenoxy) is 1. The molecule has 3 nitrogen and oxygen atoms in total. The third-order valence-electron chi connectivity index (χ3n) is 2.29. The molecule has 0 atom stereocenters. The molecule has 0 amide bonds. The molecule has 0 heterocycles. The summed E-state index contributed by atoms with van der Waals surface area (Å²) < 4.78 is 10.9. The van der Waals surface area contributed by atoms with Crippen LogP contribution in [-0.4, -0.2) is 20.9 Å². The lowest BCUT2D eigenvalue weighted by Gasteiger charge is -2.16. The molecule has 0 aliphatic carbocycles. The number of benzene rings is 1. The average Bonchev–Trinajstić information content (AvgIpc) is 2.28. The lowest BCUT2D eigenvalue weighted by molar-refractivity contribution is -0.134. The van der Waals surface area contributed by atoms with Crippen molar-refractivity contribution in [2.45, 2.75) is 38.9 Å². The number of rotatable bonds is 7. The van der Waals surface area contributed by atoms with Gasteiger partial charge < -0.3 is 9.16 Å². The molecule has 0 spiro atoms. The molecule has 1 rings (SSSR count). The zero-order chi connectivity index (χ0) is 13.4. The zero-order valence-corrected chi connectivity index (χ0v) is 12.4. The maximum absolute atomic E-state index is 11.5. The molecule has 0 aliphatic rings. The molecule has 0 aromatic heterocycles. The summed E-state index contributed by atoms with van der Waals surface area (Å²) in [7, 11) is -1.41. The molecule has 18 heavy (non-hydrogen) atoms. The first-order valence-electron chi connectivity index (χ1n) is 6.37. The Kier molecular flexibility index (Phi) is 6.08. The molecule has 0 bridgehead atoms. The van der Waals surface area contributed by atoms with Gasteiger partial charge in [0.05, 0.1) is 0 Å². The highest BCUT2D eigenvalue weighted by Gasteiger charge is 2.13. The minimum atomic E-state index is -1.41. The summed E-state index contributed by atoms with van der Waals surface area (Å²) in [5.74, 6) is 0.440. The Morgan fingerprint density at radius 1 is 1.11 bits per heavy atom. The van der Waals surface area contributed by atoms with Crippen LogP contribution in [0.1, 0.15) is 19.3 Å². The van der Waals surface area contributed by atoms with E-state index in [0.717, 1.165) is 19.4 Å². The van der Waals surface area contributed by atoms with Gasteiger partial charge in [0.1, 0.15) is 5.75 Å². The zero-order valence-electron chi connectivity index (χ0n) is 11.4. The van der Waals surface area contributed by atoms with Crippen LogP contribution >= 0.6 is 0 Å². The minimum absolute atomic E-state index is 0.172. The standard InChI is InChI=1S/C14H22O3Si/c1-18(2,3)16-12-8-7-11-14(15)17-13-9-5-4-6-10-13/h4-6,9-10H,7-8,11-12H2,1-3H3. The first kappa shape index (κ1) is 14.9. The number of carbonyl (C=O) groups is 1. The first-order chi connectivity index (χ1) is 8.47. The molecule has 0 aliphatic heterocycles. The van der Waals surface area contributed by atoms with Crippen LogP contribution in [0.25, 0.3) is 0 Å². The highest BCUT2D eigenvalue weighted by molar-refractivity contribution is 6.69. The maximum Gasteiger partial charge on any atom is 0.311 e.